The summed E-state index contributed by atoms with van der Waals surface area (Å²) in [6.07, 6.45) is 1.55. The minimum Gasteiger partial charge on any atom is -0.469 e. The van der Waals surface area contributed by atoms with Gasteiger partial charge in [0, 0.05) is 16.3 Å². The van der Waals surface area contributed by atoms with E-state index in [1.807, 2.05) is 17.5 Å². The maximum Gasteiger partial charge on any atom is 0.338 e. The molecule has 0 saturated heterocycles. The fourth-order valence-electron chi connectivity index (χ4n) is 2.97. The van der Waals surface area contributed by atoms with Gasteiger partial charge in [0.1, 0.15) is 5.76 Å². The van der Waals surface area contributed by atoms with Crippen molar-refractivity contribution in [3.05, 3.63) is 51.7 Å². The molecule has 0 aromatic carbocycles. The minimum atomic E-state index is -0.583. The fourth-order valence-corrected chi connectivity index (χ4v) is 4.48. The molecule has 2 amide bonds. The number of aryl methyl sites for hydroxylation is 1. The first-order valence-electron chi connectivity index (χ1n) is 9.08. The van der Waals surface area contributed by atoms with Crippen molar-refractivity contribution >= 4 is 35.1 Å². The second-order valence-corrected chi connectivity index (χ2v) is 8.12. The van der Waals surface area contributed by atoms with E-state index < -0.39 is 18.0 Å². The lowest BCUT2D eigenvalue weighted by Gasteiger charge is -2.28. The van der Waals surface area contributed by atoms with Gasteiger partial charge in [-0.25, -0.2) is 9.59 Å². The largest absolute Gasteiger partial charge is 0.469 e. The lowest BCUT2D eigenvalue weighted by Crippen LogP contribution is -2.46. The van der Waals surface area contributed by atoms with Crippen molar-refractivity contribution in [1.82, 2.24) is 20.8 Å². The third-order valence-electron chi connectivity index (χ3n) is 4.31. The van der Waals surface area contributed by atoms with Crippen LogP contribution in [-0.4, -0.2) is 34.6 Å². The number of nitrogens with zero attached hydrogens (tertiary/aromatic N) is 2. The van der Waals surface area contributed by atoms with Crippen LogP contribution in [0.1, 0.15) is 23.6 Å². The number of carbonyl (C=O) groups is 2. The van der Waals surface area contributed by atoms with Gasteiger partial charge in [0.25, 0.3) is 11.1 Å². The maximum atomic E-state index is 12.7. The van der Waals surface area contributed by atoms with Gasteiger partial charge in [-0.1, -0.05) is 17.8 Å². The number of amides is 2. The van der Waals surface area contributed by atoms with Gasteiger partial charge >= 0.3 is 12.0 Å². The Morgan fingerprint density at radius 1 is 1.37 bits per heavy atom. The second kappa shape index (κ2) is 8.76. The van der Waals surface area contributed by atoms with E-state index in [9.17, 15) is 9.59 Å². The highest BCUT2D eigenvalue weighted by molar-refractivity contribution is 7.99. The van der Waals surface area contributed by atoms with Crippen molar-refractivity contribution in [2.45, 2.75) is 25.1 Å². The van der Waals surface area contributed by atoms with Gasteiger partial charge in [-0.2, -0.15) is 0 Å². The van der Waals surface area contributed by atoms with Gasteiger partial charge in [0.2, 0.25) is 0 Å². The summed E-state index contributed by atoms with van der Waals surface area (Å²) < 4.78 is 16.2. The van der Waals surface area contributed by atoms with Gasteiger partial charge in [0.15, 0.2) is 0 Å². The molecule has 1 aliphatic rings. The number of urea groups is 1. The molecule has 0 fully saturated rings. The van der Waals surface area contributed by atoms with Crippen LogP contribution in [0.5, 0.6) is 0 Å². The highest BCUT2D eigenvalue weighted by Crippen LogP contribution is 2.33. The predicted octanol–water partition coefficient (Wildman–Crippen LogP) is 3.66. The summed E-state index contributed by atoms with van der Waals surface area (Å²) in [6.45, 7) is 3.77. The Morgan fingerprint density at radius 3 is 2.93 bits per heavy atom. The van der Waals surface area contributed by atoms with Crippen LogP contribution >= 0.6 is 23.1 Å². The van der Waals surface area contributed by atoms with E-state index in [2.05, 4.69) is 20.8 Å². The second-order valence-electron chi connectivity index (χ2n) is 6.21. The molecule has 3 aromatic rings. The molecule has 2 N–H and O–H groups in total. The topological polar surface area (TPSA) is 119 Å². The summed E-state index contributed by atoms with van der Waals surface area (Å²) in [6, 6.07) is 4.50. The number of hydrogen-bond acceptors (Lipinski definition) is 9. The Morgan fingerprint density at radius 2 is 2.23 bits per heavy atom. The monoisotopic (exact) mass is 446 g/mol. The Labute approximate surface area is 179 Å². The third kappa shape index (κ3) is 4.12. The summed E-state index contributed by atoms with van der Waals surface area (Å²) in [7, 11) is 0. The number of thioether (sulfide) groups is 1. The molecular formula is C19H18N4O5S2. The van der Waals surface area contributed by atoms with Crippen LogP contribution in [0.15, 0.2) is 55.2 Å². The number of carbonyl (C=O) groups excluding carboxylic acids is 2. The lowest BCUT2D eigenvalue weighted by molar-refractivity contribution is -0.139. The number of rotatable bonds is 7. The summed E-state index contributed by atoms with van der Waals surface area (Å²) in [4.78, 5) is 25.8. The Bertz CT molecular complexity index is 1090. The fraction of sp³-hybridized carbons (Fsp3) is 0.263. The Kier molecular flexibility index (Phi) is 5.91. The smallest absolute Gasteiger partial charge is 0.338 e. The van der Waals surface area contributed by atoms with E-state index >= 15 is 0 Å². The normalized spacial score (nSPS) is 16.3. The standard InChI is InChI=1S/C19H18N4O5S2/c1-3-26-17(24)14-12(20-18(25)21-15(14)13-5-4-8-29-13)9-30-19-23-22-16(28-19)11-6-7-27-10(11)2/h4-8,15H,3,9H2,1-2H3,(H2,20,21,25). The average molecular weight is 447 g/mol. The van der Waals surface area contributed by atoms with Crippen LogP contribution in [0.2, 0.25) is 0 Å². The van der Waals surface area contributed by atoms with E-state index in [1.165, 1.54) is 23.1 Å². The molecule has 0 aliphatic carbocycles. The SMILES string of the molecule is CCOC(=O)C1=C(CSc2nnc(-c3ccoc3C)o2)NC(=O)NC1c1cccs1. The number of hydrogen-bond donors (Lipinski definition) is 2. The summed E-state index contributed by atoms with van der Waals surface area (Å²) in [5.41, 5.74) is 1.52. The van der Waals surface area contributed by atoms with Gasteiger partial charge in [-0.3, -0.25) is 0 Å². The van der Waals surface area contributed by atoms with E-state index in [1.54, 1.807) is 26.2 Å². The van der Waals surface area contributed by atoms with Crippen molar-refractivity contribution in [3.63, 3.8) is 0 Å². The van der Waals surface area contributed by atoms with E-state index in [0.29, 0.717) is 33.7 Å². The van der Waals surface area contributed by atoms with Gasteiger partial charge in [-0.15, -0.1) is 21.5 Å². The molecule has 4 heterocycles. The van der Waals surface area contributed by atoms with Gasteiger partial charge < -0.3 is 24.2 Å². The molecule has 30 heavy (non-hydrogen) atoms. The third-order valence-corrected chi connectivity index (χ3v) is 6.09. The van der Waals surface area contributed by atoms with Crippen molar-refractivity contribution in [2.24, 2.45) is 0 Å². The molecule has 0 spiro atoms. The van der Waals surface area contributed by atoms with E-state index in [-0.39, 0.29) is 12.4 Å². The van der Waals surface area contributed by atoms with Crippen LogP contribution in [0, 0.1) is 6.92 Å². The zero-order valence-corrected chi connectivity index (χ0v) is 17.8. The molecule has 3 aromatic heterocycles. The number of aromatic nitrogens is 2. The predicted molar refractivity (Wildman–Crippen MR) is 110 cm³/mol. The molecule has 1 aliphatic heterocycles. The Hall–Kier alpha value is -3.05. The summed E-state index contributed by atoms with van der Waals surface area (Å²) in [5.74, 6) is 0.774. The first kappa shape index (κ1) is 20.2. The van der Waals surface area contributed by atoms with Crippen LogP contribution < -0.4 is 10.6 Å². The minimum absolute atomic E-state index is 0.227. The zero-order valence-electron chi connectivity index (χ0n) is 16.1. The highest BCUT2D eigenvalue weighted by Gasteiger charge is 2.34. The summed E-state index contributed by atoms with van der Waals surface area (Å²) in [5, 5.41) is 15.8. The van der Waals surface area contributed by atoms with Crippen molar-refractivity contribution < 1.29 is 23.2 Å². The van der Waals surface area contributed by atoms with E-state index in [0.717, 1.165) is 4.88 Å². The van der Waals surface area contributed by atoms with Crippen molar-refractivity contribution in [3.8, 4) is 11.5 Å². The number of esters is 1. The molecule has 1 atom stereocenters. The van der Waals surface area contributed by atoms with E-state index in [4.69, 9.17) is 13.6 Å². The molecule has 0 bridgehead atoms. The molecule has 11 heteroatoms. The molecular weight excluding hydrogens is 428 g/mol. The average Bonchev–Trinajstić information content (AvgIpc) is 3.47. The first-order chi connectivity index (χ1) is 14.6. The quantitative estimate of drug-likeness (QED) is 0.417. The number of ether oxygens (including phenoxy) is 1. The van der Waals surface area contributed by atoms with Crippen LogP contribution in [0.4, 0.5) is 4.79 Å². The highest BCUT2D eigenvalue weighted by atomic mass is 32.2. The number of nitrogens with one attached hydrogen (secondary N) is 2. The molecule has 1 unspecified atom stereocenters. The molecule has 0 saturated carbocycles. The van der Waals surface area contributed by atoms with Crippen LogP contribution in [0.25, 0.3) is 11.5 Å². The van der Waals surface area contributed by atoms with Gasteiger partial charge in [0.05, 0.1) is 30.0 Å². The van der Waals surface area contributed by atoms with Crippen LogP contribution in [0.3, 0.4) is 0 Å². The van der Waals surface area contributed by atoms with Crippen molar-refractivity contribution in [1.29, 1.82) is 0 Å². The number of thiophene rings is 1. The first-order valence-corrected chi connectivity index (χ1v) is 10.9. The summed E-state index contributed by atoms with van der Waals surface area (Å²) >= 11 is 2.67. The Balaban J connectivity index is 1.60. The van der Waals surface area contributed by atoms with Crippen LogP contribution in [-0.2, 0) is 9.53 Å². The molecule has 156 valence electrons. The molecule has 4 rings (SSSR count). The molecule has 0 radical (unpaired) electrons. The number of furan rings is 1. The zero-order chi connectivity index (χ0) is 21.1. The lowest BCUT2D eigenvalue weighted by atomic mass is 10.0. The molecule has 9 nitrogen and oxygen atoms in total. The van der Waals surface area contributed by atoms with Gasteiger partial charge in [-0.05, 0) is 31.4 Å². The van der Waals surface area contributed by atoms with Crippen molar-refractivity contribution in [2.75, 3.05) is 12.4 Å². The maximum absolute atomic E-state index is 12.7.